The number of halogens is 1. The van der Waals surface area contributed by atoms with E-state index in [1.165, 1.54) is 17.0 Å². The third kappa shape index (κ3) is 5.59. The Kier molecular flexibility index (Phi) is 7.60. The van der Waals surface area contributed by atoms with Gasteiger partial charge in [0, 0.05) is 53.0 Å². The van der Waals surface area contributed by atoms with Gasteiger partial charge in [0.2, 0.25) is 5.79 Å². The molecule has 1 aromatic heterocycles. The lowest BCUT2D eigenvalue weighted by molar-refractivity contribution is -0.384. The highest BCUT2D eigenvalue weighted by Crippen LogP contribution is 2.41. The molecular weight excluding hydrogens is 496 g/mol. The number of non-ortho nitro benzene ring substituents is 1. The Labute approximate surface area is 210 Å². The molecule has 0 saturated carbocycles. The molecule has 0 radical (unpaired) electrons. The Balaban J connectivity index is 1.49. The lowest BCUT2D eigenvalue weighted by Gasteiger charge is -2.29. The van der Waals surface area contributed by atoms with Crippen LogP contribution in [0.4, 0.5) is 16.2 Å². The molecule has 12 heteroatoms. The van der Waals surface area contributed by atoms with Crippen molar-refractivity contribution in [1.82, 2.24) is 9.55 Å². The molecule has 2 aromatic carbocycles. The molecule has 0 aliphatic carbocycles. The van der Waals surface area contributed by atoms with Crippen LogP contribution in [0.25, 0.3) is 0 Å². The molecule has 1 aliphatic rings. The standard InChI is InChI=1S/C23H23ClN4O6S/c1-2-27(22(29)30)16-3-6-19(7-4-16)35-13-18-12-33-23(34-18,14-26-10-9-25-15-26)20-8-5-17(28(31)32)11-21(20)24/h3-11,15,18H,2,12-14H2,1H3,(H,29,30). The lowest BCUT2D eigenvalue weighted by atomic mass is 10.0. The van der Waals surface area contributed by atoms with Gasteiger partial charge in [-0.1, -0.05) is 11.6 Å². The minimum absolute atomic E-state index is 0.116. The van der Waals surface area contributed by atoms with Crippen molar-refractivity contribution in [3.63, 3.8) is 0 Å². The van der Waals surface area contributed by atoms with E-state index in [4.69, 9.17) is 21.1 Å². The molecule has 10 nitrogen and oxygen atoms in total. The molecule has 1 amide bonds. The number of nitrogens with zero attached hydrogens (tertiary/aromatic N) is 4. The van der Waals surface area contributed by atoms with E-state index in [9.17, 15) is 20.0 Å². The number of imidazole rings is 1. The zero-order valence-electron chi connectivity index (χ0n) is 18.7. The number of nitro benzene ring substituents is 1. The number of benzene rings is 2. The van der Waals surface area contributed by atoms with Crippen LogP contribution in [-0.2, 0) is 21.8 Å². The van der Waals surface area contributed by atoms with Gasteiger partial charge in [-0.2, -0.15) is 0 Å². The first kappa shape index (κ1) is 25.0. The lowest BCUT2D eigenvalue weighted by Crippen LogP contribution is -2.34. The maximum atomic E-state index is 11.3. The van der Waals surface area contributed by atoms with Gasteiger partial charge in [-0.3, -0.25) is 15.0 Å². The first-order valence-corrected chi connectivity index (χ1v) is 12.1. The molecule has 1 N–H and O–H groups in total. The van der Waals surface area contributed by atoms with E-state index in [-0.39, 0.29) is 23.4 Å². The van der Waals surface area contributed by atoms with Crippen LogP contribution < -0.4 is 4.90 Å². The second-order valence-corrected chi connectivity index (χ2v) is 9.29. The molecular formula is C23H23ClN4O6S. The van der Waals surface area contributed by atoms with Crippen LogP contribution in [0.5, 0.6) is 0 Å². The maximum absolute atomic E-state index is 11.3. The van der Waals surface area contributed by atoms with Crippen LogP contribution in [0.2, 0.25) is 5.02 Å². The van der Waals surface area contributed by atoms with E-state index in [2.05, 4.69) is 4.98 Å². The Morgan fingerprint density at radius 2 is 2.14 bits per heavy atom. The van der Waals surface area contributed by atoms with Crippen molar-refractivity contribution in [2.75, 3.05) is 23.8 Å². The van der Waals surface area contributed by atoms with Crippen LogP contribution in [0.15, 0.2) is 66.1 Å². The topological polar surface area (TPSA) is 120 Å². The summed E-state index contributed by atoms with van der Waals surface area (Å²) in [5.74, 6) is -0.656. The highest BCUT2D eigenvalue weighted by atomic mass is 35.5. The number of hydrogen-bond acceptors (Lipinski definition) is 7. The average molecular weight is 519 g/mol. The van der Waals surface area contributed by atoms with Crippen molar-refractivity contribution in [1.29, 1.82) is 0 Å². The van der Waals surface area contributed by atoms with Gasteiger partial charge >= 0.3 is 6.09 Å². The molecule has 3 aromatic rings. The van der Waals surface area contributed by atoms with E-state index >= 15 is 0 Å². The van der Waals surface area contributed by atoms with E-state index in [1.807, 2.05) is 12.1 Å². The maximum Gasteiger partial charge on any atom is 0.411 e. The number of amides is 1. The number of hydrogen-bond donors (Lipinski definition) is 1. The molecule has 1 fully saturated rings. The van der Waals surface area contributed by atoms with Crippen molar-refractivity contribution in [3.8, 4) is 0 Å². The fourth-order valence-corrected chi connectivity index (χ4v) is 5.03. The first-order chi connectivity index (χ1) is 16.8. The summed E-state index contributed by atoms with van der Waals surface area (Å²) in [5, 5.41) is 20.6. The highest BCUT2D eigenvalue weighted by molar-refractivity contribution is 7.99. The van der Waals surface area contributed by atoms with Crippen LogP contribution in [0, 0.1) is 10.1 Å². The Bertz CT molecular complexity index is 1190. The van der Waals surface area contributed by atoms with Gasteiger partial charge in [-0.15, -0.1) is 11.8 Å². The summed E-state index contributed by atoms with van der Waals surface area (Å²) in [6, 6.07) is 11.5. The minimum atomic E-state index is -1.23. The first-order valence-electron chi connectivity index (χ1n) is 10.8. The summed E-state index contributed by atoms with van der Waals surface area (Å²) in [5.41, 5.74) is 0.996. The number of aromatic nitrogens is 2. The van der Waals surface area contributed by atoms with E-state index in [1.54, 1.807) is 60.2 Å². The number of rotatable bonds is 9. The van der Waals surface area contributed by atoms with Crippen LogP contribution in [0.1, 0.15) is 12.5 Å². The van der Waals surface area contributed by atoms with Crippen LogP contribution in [0.3, 0.4) is 0 Å². The van der Waals surface area contributed by atoms with E-state index < -0.39 is 16.8 Å². The summed E-state index contributed by atoms with van der Waals surface area (Å²) < 4.78 is 14.4. The number of nitro groups is 1. The molecule has 184 valence electrons. The largest absolute Gasteiger partial charge is 0.465 e. The summed E-state index contributed by atoms with van der Waals surface area (Å²) in [4.78, 5) is 28.2. The molecule has 2 unspecified atom stereocenters. The number of ether oxygens (including phenoxy) is 2. The van der Waals surface area contributed by atoms with Gasteiger partial charge in [0.25, 0.3) is 5.69 Å². The zero-order valence-corrected chi connectivity index (χ0v) is 20.3. The second kappa shape index (κ2) is 10.6. The summed E-state index contributed by atoms with van der Waals surface area (Å²) in [7, 11) is 0. The number of carboxylic acid groups (broad SMARTS) is 1. The molecule has 4 rings (SSSR count). The summed E-state index contributed by atoms with van der Waals surface area (Å²) >= 11 is 7.99. The summed E-state index contributed by atoms with van der Waals surface area (Å²) in [6.45, 7) is 2.71. The highest BCUT2D eigenvalue weighted by Gasteiger charge is 2.45. The minimum Gasteiger partial charge on any atom is -0.465 e. The second-order valence-electron chi connectivity index (χ2n) is 7.79. The number of anilines is 1. The van der Waals surface area contributed by atoms with Gasteiger partial charge in [0.15, 0.2) is 0 Å². The molecule has 2 heterocycles. The van der Waals surface area contributed by atoms with Gasteiger partial charge < -0.3 is 19.1 Å². The Hall–Kier alpha value is -3.12. The third-order valence-corrected chi connectivity index (χ3v) is 6.97. The summed E-state index contributed by atoms with van der Waals surface area (Å²) in [6.07, 6.45) is 3.77. The van der Waals surface area contributed by atoms with Crippen molar-refractivity contribution in [2.24, 2.45) is 0 Å². The van der Waals surface area contributed by atoms with Crippen molar-refractivity contribution >= 4 is 40.8 Å². The predicted molar refractivity (Wildman–Crippen MR) is 131 cm³/mol. The van der Waals surface area contributed by atoms with Gasteiger partial charge in [0.1, 0.15) is 0 Å². The zero-order chi connectivity index (χ0) is 25.0. The van der Waals surface area contributed by atoms with Crippen molar-refractivity contribution in [2.45, 2.75) is 30.3 Å². The normalized spacial score (nSPS) is 19.5. The van der Waals surface area contributed by atoms with E-state index in [0.29, 0.717) is 30.2 Å². The monoisotopic (exact) mass is 518 g/mol. The van der Waals surface area contributed by atoms with Crippen LogP contribution >= 0.6 is 23.4 Å². The third-order valence-electron chi connectivity index (χ3n) is 5.51. The fraction of sp³-hybridized carbons (Fsp3) is 0.304. The number of thioether (sulfide) groups is 1. The smallest absolute Gasteiger partial charge is 0.411 e. The SMILES string of the molecule is CCN(C(=O)O)c1ccc(SCC2COC(Cn3ccnc3)(c3ccc([N+](=O)[O-])cc3Cl)O2)cc1. The molecule has 0 bridgehead atoms. The van der Waals surface area contributed by atoms with Crippen LogP contribution in [-0.4, -0.2) is 50.7 Å². The molecule has 35 heavy (non-hydrogen) atoms. The Morgan fingerprint density at radius 3 is 2.74 bits per heavy atom. The quantitative estimate of drug-likeness (QED) is 0.238. The predicted octanol–water partition coefficient (Wildman–Crippen LogP) is 5.01. The van der Waals surface area contributed by atoms with Gasteiger partial charge in [-0.25, -0.2) is 9.78 Å². The molecule has 1 aliphatic heterocycles. The van der Waals surface area contributed by atoms with Crippen molar-refractivity contribution in [3.05, 3.63) is 81.9 Å². The molecule has 1 saturated heterocycles. The number of carbonyl (C=O) groups is 1. The molecule has 0 spiro atoms. The average Bonchev–Trinajstić information content (AvgIpc) is 3.49. The van der Waals surface area contributed by atoms with Crippen molar-refractivity contribution < 1.29 is 24.3 Å². The molecule has 2 atom stereocenters. The Morgan fingerprint density at radius 1 is 1.37 bits per heavy atom. The van der Waals surface area contributed by atoms with Gasteiger partial charge in [-0.05, 0) is 37.3 Å². The van der Waals surface area contributed by atoms with E-state index in [0.717, 1.165) is 4.90 Å². The van der Waals surface area contributed by atoms with Gasteiger partial charge in [0.05, 0.1) is 35.5 Å². The fourth-order valence-electron chi connectivity index (χ4n) is 3.84.